The Morgan fingerprint density at radius 3 is 2.47 bits per heavy atom. The van der Waals surface area contributed by atoms with Crippen molar-refractivity contribution in [2.24, 2.45) is 0 Å². The highest BCUT2D eigenvalue weighted by Gasteiger charge is 2.08. The number of carbonyl (C=O) groups excluding carboxylic acids is 2. The minimum Gasteiger partial charge on any atom is -0.350 e. The normalized spacial score (nSPS) is 9.53. The Morgan fingerprint density at radius 2 is 1.82 bits per heavy atom. The Kier molecular flexibility index (Phi) is 5.29. The predicted molar refractivity (Wildman–Crippen MR) is 66.2 cm³/mol. The van der Waals surface area contributed by atoms with Crippen molar-refractivity contribution in [2.45, 2.75) is 0 Å². The van der Waals surface area contributed by atoms with E-state index in [2.05, 4.69) is 16.0 Å². The number of nitrogens with one attached hydrogen (secondary N) is 3. The first-order valence-corrected chi connectivity index (χ1v) is 5.51. The quantitative estimate of drug-likeness (QED) is 0.703. The molecular weight excluding hydrogens is 242 g/mol. The smallest absolute Gasteiger partial charge is 0.314 e. The molecular formula is C11H14ClN3O2. The molecule has 5 nitrogen and oxygen atoms in total. The molecule has 0 atom stereocenters. The van der Waals surface area contributed by atoms with Crippen LogP contribution in [0.3, 0.4) is 0 Å². The fourth-order valence-electron chi connectivity index (χ4n) is 1.18. The third kappa shape index (κ3) is 4.32. The summed E-state index contributed by atoms with van der Waals surface area (Å²) in [6, 6.07) is 6.51. The average Bonchev–Trinajstić information content (AvgIpc) is 2.34. The molecule has 0 saturated heterocycles. The molecule has 3 N–H and O–H groups in total. The van der Waals surface area contributed by atoms with Crippen LogP contribution in [-0.2, 0) is 0 Å². The van der Waals surface area contributed by atoms with Crippen molar-refractivity contribution >= 4 is 23.5 Å². The Morgan fingerprint density at radius 1 is 1.18 bits per heavy atom. The van der Waals surface area contributed by atoms with Gasteiger partial charge >= 0.3 is 6.03 Å². The molecule has 92 valence electrons. The van der Waals surface area contributed by atoms with Gasteiger partial charge in [0, 0.05) is 20.1 Å². The molecule has 0 spiro atoms. The topological polar surface area (TPSA) is 70.2 Å². The van der Waals surface area contributed by atoms with Crippen LogP contribution in [-0.4, -0.2) is 32.1 Å². The van der Waals surface area contributed by atoms with E-state index in [1.54, 1.807) is 24.3 Å². The van der Waals surface area contributed by atoms with Gasteiger partial charge in [-0.3, -0.25) is 4.79 Å². The van der Waals surface area contributed by atoms with E-state index in [1.165, 1.54) is 7.05 Å². The van der Waals surface area contributed by atoms with Gasteiger partial charge in [0.05, 0.1) is 10.6 Å². The number of rotatable bonds is 4. The fraction of sp³-hybridized carbons (Fsp3) is 0.273. The van der Waals surface area contributed by atoms with Crippen LogP contribution in [0.2, 0.25) is 5.02 Å². The van der Waals surface area contributed by atoms with Crippen LogP contribution >= 0.6 is 11.6 Å². The van der Waals surface area contributed by atoms with Crippen molar-refractivity contribution in [1.29, 1.82) is 0 Å². The summed E-state index contributed by atoms with van der Waals surface area (Å²) in [5.41, 5.74) is 0.425. The van der Waals surface area contributed by atoms with Crippen molar-refractivity contribution in [1.82, 2.24) is 16.0 Å². The second-order valence-corrected chi connectivity index (χ2v) is 3.65. The second kappa shape index (κ2) is 6.75. The maximum absolute atomic E-state index is 11.7. The van der Waals surface area contributed by atoms with E-state index in [0.29, 0.717) is 23.7 Å². The third-order valence-electron chi connectivity index (χ3n) is 2.04. The van der Waals surface area contributed by atoms with E-state index in [4.69, 9.17) is 11.6 Å². The Hall–Kier alpha value is -1.75. The van der Waals surface area contributed by atoms with Gasteiger partial charge in [-0.1, -0.05) is 23.7 Å². The Labute approximate surface area is 105 Å². The Balaban J connectivity index is 2.36. The number of hydrogen-bond donors (Lipinski definition) is 3. The highest BCUT2D eigenvalue weighted by atomic mass is 35.5. The van der Waals surface area contributed by atoms with Crippen molar-refractivity contribution in [3.05, 3.63) is 34.9 Å². The zero-order chi connectivity index (χ0) is 12.7. The van der Waals surface area contributed by atoms with E-state index in [-0.39, 0.29) is 11.9 Å². The SMILES string of the molecule is CNC(=O)NCCNC(=O)c1ccccc1Cl. The summed E-state index contributed by atoms with van der Waals surface area (Å²) < 4.78 is 0. The average molecular weight is 256 g/mol. The minimum absolute atomic E-state index is 0.255. The van der Waals surface area contributed by atoms with Crippen LogP contribution in [0.4, 0.5) is 4.79 Å². The molecule has 0 aliphatic rings. The van der Waals surface area contributed by atoms with Crippen molar-refractivity contribution in [3.8, 4) is 0 Å². The number of carbonyl (C=O) groups is 2. The van der Waals surface area contributed by atoms with Gasteiger partial charge in [-0.05, 0) is 12.1 Å². The molecule has 1 rings (SSSR count). The van der Waals surface area contributed by atoms with Crippen LogP contribution in [0.25, 0.3) is 0 Å². The largest absolute Gasteiger partial charge is 0.350 e. The van der Waals surface area contributed by atoms with Gasteiger partial charge in [-0.2, -0.15) is 0 Å². The lowest BCUT2D eigenvalue weighted by Crippen LogP contribution is -2.38. The van der Waals surface area contributed by atoms with Crippen LogP contribution < -0.4 is 16.0 Å². The van der Waals surface area contributed by atoms with Gasteiger partial charge < -0.3 is 16.0 Å². The van der Waals surface area contributed by atoms with Gasteiger partial charge in [0.2, 0.25) is 0 Å². The summed E-state index contributed by atoms with van der Waals surface area (Å²) >= 11 is 5.86. The molecule has 1 aromatic carbocycles. The maximum Gasteiger partial charge on any atom is 0.314 e. The highest BCUT2D eigenvalue weighted by Crippen LogP contribution is 2.14. The summed E-state index contributed by atoms with van der Waals surface area (Å²) in [5, 5.41) is 8.03. The lowest BCUT2D eigenvalue weighted by molar-refractivity contribution is 0.0954. The van der Waals surface area contributed by atoms with Crippen LogP contribution in [0.15, 0.2) is 24.3 Å². The molecule has 0 aliphatic carbocycles. The van der Waals surface area contributed by atoms with Crippen molar-refractivity contribution < 1.29 is 9.59 Å². The minimum atomic E-state index is -0.281. The van der Waals surface area contributed by atoms with Crippen molar-refractivity contribution in [2.75, 3.05) is 20.1 Å². The highest BCUT2D eigenvalue weighted by molar-refractivity contribution is 6.33. The molecule has 3 amide bonds. The molecule has 6 heteroatoms. The van der Waals surface area contributed by atoms with Gasteiger partial charge in [-0.25, -0.2) is 4.79 Å². The predicted octanol–water partition coefficient (Wildman–Crippen LogP) is 0.999. The van der Waals surface area contributed by atoms with Gasteiger partial charge in [0.1, 0.15) is 0 Å². The van der Waals surface area contributed by atoms with E-state index in [9.17, 15) is 9.59 Å². The summed E-state index contributed by atoms with van der Waals surface area (Å²) in [6.07, 6.45) is 0. The molecule has 0 saturated carbocycles. The number of hydrogen-bond acceptors (Lipinski definition) is 2. The van der Waals surface area contributed by atoms with Crippen LogP contribution in [0, 0.1) is 0 Å². The molecule has 17 heavy (non-hydrogen) atoms. The first-order chi connectivity index (χ1) is 8.15. The summed E-state index contributed by atoms with van der Waals surface area (Å²) in [7, 11) is 1.53. The van der Waals surface area contributed by atoms with Gasteiger partial charge in [0.25, 0.3) is 5.91 Å². The summed E-state index contributed by atoms with van der Waals surface area (Å²) in [5.74, 6) is -0.255. The van der Waals surface area contributed by atoms with E-state index < -0.39 is 0 Å². The number of halogens is 1. The van der Waals surface area contributed by atoms with E-state index in [0.717, 1.165) is 0 Å². The van der Waals surface area contributed by atoms with Gasteiger partial charge in [0.15, 0.2) is 0 Å². The lowest BCUT2D eigenvalue weighted by Gasteiger charge is -2.07. The zero-order valence-corrected chi connectivity index (χ0v) is 10.2. The molecule has 0 radical (unpaired) electrons. The first-order valence-electron chi connectivity index (χ1n) is 5.13. The molecule has 0 aromatic heterocycles. The monoisotopic (exact) mass is 255 g/mol. The number of benzene rings is 1. The zero-order valence-electron chi connectivity index (χ0n) is 9.42. The standard InChI is InChI=1S/C11H14ClN3O2/c1-13-11(17)15-7-6-14-10(16)8-4-2-3-5-9(8)12/h2-5H,6-7H2,1H3,(H,14,16)(H2,13,15,17). The first kappa shape index (κ1) is 13.3. The molecule has 0 bridgehead atoms. The number of amides is 3. The maximum atomic E-state index is 11.7. The molecule has 0 aliphatic heterocycles. The summed E-state index contributed by atoms with van der Waals surface area (Å²) in [4.78, 5) is 22.5. The number of urea groups is 1. The lowest BCUT2D eigenvalue weighted by atomic mass is 10.2. The van der Waals surface area contributed by atoms with E-state index >= 15 is 0 Å². The van der Waals surface area contributed by atoms with Gasteiger partial charge in [-0.15, -0.1) is 0 Å². The fourth-order valence-corrected chi connectivity index (χ4v) is 1.40. The van der Waals surface area contributed by atoms with Crippen LogP contribution in [0.1, 0.15) is 10.4 Å². The summed E-state index contributed by atoms with van der Waals surface area (Å²) in [6.45, 7) is 0.702. The molecule has 1 aromatic rings. The third-order valence-corrected chi connectivity index (χ3v) is 2.37. The van der Waals surface area contributed by atoms with E-state index in [1.807, 2.05) is 0 Å². The molecule has 0 fully saturated rings. The second-order valence-electron chi connectivity index (χ2n) is 3.24. The molecule has 0 unspecified atom stereocenters. The van der Waals surface area contributed by atoms with Crippen LogP contribution in [0.5, 0.6) is 0 Å². The molecule has 0 heterocycles. The van der Waals surface area contributed by atoms with Crippen molar-refractivity contribution in [3.63, 3.8) is 0 Å². The Bertz CT molecular complexity index is 409.